The number of amides is 4. The maximum Gasteiger partial charge on any atom is 0.331 e. The third-order valence-electron chi connectivity index (χ3n) is 4.80. The molecule has 2 aliphatic rings. The Morgan fingerprint density at radius 2 is 1.93 bits per heavy atom. The molecule has 1 aromatic rings. The lowest BCUT2D eigenvalue weighted by molar-refractivity contribution is -0.131. The van der Waals surface area contributed by atoms with Gasteiger partial charge in [0, 0.05) is 10.5 Å². The highest BCUT2D eigenvalue weighted by Gasteiger charge is 2.40. The lowest BCUT2D eigenvalue weighted by Gasteiger charge is -2.31. The van der Waals surface area contributed by atoms with Crippen molar-refractivity contribution in [2.45, 2.75) is 38.6 Å². The Morgan fingerprint density at radius 1 is 1.24 bits per heavy atom. The summed E-state index contributed by atoms with van der Waals surface area (Å²) in [6.45, 7) is 2.30. The van der Waals surface area contributed by atoms with Crippen LogP contribution in [-0.2, 0) is 9.59 Å². The minimum Gasteiger partial charge on any atom is -0.490 e. The van der Waals surface area contributed by atoms with E-state index in [0.717, 1.165) is 25.7 Å². The minimum absolute atomic E-state index is 0.0757. The van der Waals surface area contributed by atoms with Crippen LogP contribution in [-0.4, -0.2) is 42.0 Å². The highest BCUT2D eigenvalue weighted by atomic mass is 79.9. The Kier molecular flexibility index (Phi) is 6.60. The van der Waals surface area contributed by atoms with Crippen LogP contribution < -0.4 is 14.8 Å². The van der Waals surface area contributed by atoms with E-state index in [1.165, 1.54) is 11.0 Å². The van der Waals surface area contributed by atoms with Crippen molar-refractivity contribution in [3.63, 3.8) is 0 Å². The number of terminal acetylenes is 1. The van der Waals surface area contributed by atoms with Crippen molar-refractivity contribution in [2.24, 2.45) is 0 Å². The molecule has 0 spiro atoms. The number of benzene rings is 1. The van der Waals surface area contributed by atoms with Crippen molar-refractivity contribution in [2.75, 3.05) is 13.2 Å². The van der Waals surface area contributed by atoms with Crippen molar-refractivity contribution in [1.82, 2.24) is 10.2 Å². The Balaban J connectivity index is 1.97. The van der Waals surface area contributed by atoms with E-state index in [1.54, 1.807) is 12.1 Å². The van der Waals surface area contributed by atoms with Crippen LogP contribution in [0.4, 0.5) is 4.79 Å². The van der Waals surface area contributed by atoms with Gasteiger partial charge in [0.15, 0.2) is 11.5 Å². The van der Waals surface area contributed by atoms with Gasteiger partial charge in [-0.05, 0) is 43.5 Å². The van der Waals surface area contributed by atoms with Crippen molar-refractivity contribution >= 4 is 39.9 Å². The monoisotopic (exact) mass is 460 g/mol. The van der Waals surface area contributed by atoms with Gasteiger partial charge in [-0.2, -0.15) is 0 Å². The molecular formula is C21H21BrN2O5. The summed E-state index contributed by atoms with van der Waals surface area (Å²) in [5.74, 6) is 1.98. The molecule has 0 bridgehead atoms. The number of nitrogens with one attached hydrogen (secondary N) is 1. The molecule has 1 aliphatic heterocycles. The number of carbonyl (C=O) groups excluding carboxylic acids is 3. The number of carbonyl (C=O) groups is 3. The van der Waals surface area contributed by atoms with E-state index in [9.17, 15) is 14.4 Å². The van der Waals surface area contributed by atoms with Crippen LogP contribution in [0, 0.1) is 12.3 Å². The van der Waals surface area contributed by atoms with Gasteiger partial charge in [0.05, 0.1) is 6.61 Å². The van der Waals surface area contributed by atoms with E-state index in [0.29, 0.717) is 28.1 Å². The number of barbiturate groups is 1. The van der Waals surface area contributed by atoms with Crippen LogP contribution >= 0.6 is 15.9 Å². The number of halogens is 1. The highest BCUT2D eigenvalue weighted by molar-refractivity contribution is 9.10. The standard InChI is InChI=1S/C21H21BrN2O5/c1-3-9-29-18-12-16(22)13(11-17(18)28-4-2)10-15-19(25)23-21(27)24(20(15)26)14-7-5-6-8-14/h1,10-12,14H,4-9H2,2H3,(H,23,25,27)/b15-10+. The first-order valence-corrected chi connectivity index (χ1v) is 10.2. The Morgan fingerprint density at radius 3 is 2.59 bits per heavy atom. The van der Waals surface area contributed by atoms with Gasteiger partial charge >= 0.3 is 6.03 Å². The third kappa shape index (κ3) is 4.46. The summed E-state index contributed by atoms with van der Waals surface area (Å²) in [5.41, 5.74) is 0.442. The zero-order valence-electron chi connectivity index (χ0n) is 16.0. The molecule has 0 radical (unpaired) electrons. The van der Waals surface area contributed by atoms with Gasteiger partial charge in [0.2, 0.25) is 0 Å². The van der Waals surface area contributed by atoms with Crippen molar-refractivity contribution in [1.29, 1.82) is 0 Å². The van der Waals surface area contributed by atoms with Crippen molar-refractivity contribution in [3.8, 4) is 23.8 Å². The van der Waals surface area contributed by atoms with Gasteiger partial charge in [-0.3, -0.25) is 19.8 Å². The first kappa shape index (κ1) is 20.9. The minimum atomic E-state index is -0.716. The zero-order valence-corrected chi connectivity index (χ0v) is 17.6. The van der Waals surface area contributed by atoms with Crippen LogP contribution in [0.3, 0.4) is 0 Å². The molecule has 1 saturated carbocycles. The lowest BCUT2D eigenvalue weighted by Crippen LogP contribution is -2.57. The molecule has 8 heteroatoms. The van der Waals surface area contributed by atoms with Crippen LogP contribution in [0.2, 0.25) is 0 Å². The van der Waals surface area contributed by atoms with Crippen LogP contribution in [0.1, 0.15) is 38.2 Å². The number of imide groups is 2. The fraction of sp³-hybridized carbons (Fsp3) is 0.381. The Hall–Kier alpha value is -2.79. The molecule has 1 aliphatic carbocycles. The fourth-order valence-corrected chi connectivity index (χ4v) is 3.92. The van der Waals surface area contributed by atoms with E-state index in [4.69, 9.17) is 15.9 Å². The van der Waals surface area contributed by atoms with Crippen LogP contribution in [0.15, 0.2) is 22.2 Å². The molecule has 2 fully saturated rings. The van der Waals surface area contributed by atoms with Crippen LogP contribution in [0.5, 0.6) is 11.5 Å². The summed E-state index contributed by atoms with van der Waals surface area (Å²) in [5, 5.41) is 2.27. The van der Waals surface area contributed by atoms with Gasteiger partial charge in [-0.1, -0.05) is 34.7 Å². The molecule has 1 aromatic carbocycles. The largest absolute Gasteiger partial charge is 0.490 e. The summed E-state index contributed by atoms with van der Waals surface area (Å²) < 4.78 is 11.7. The van der Waals surface area contributed by atoms with Gasteiger partial charge in [0.25, 0.3) is 11.8 Å². The number of nitrogens with zero attached hydrogens (tertiary/aromatic N) is 1. The summed E-state index contributed by atoms with van der Waals surface area (Å²) in [4.78, 5) is 38.7. The van der Waals surface area contributed by atoms with Crippen molar-refractivity contribution < 1.29 is 23.9 Å². The van der Waals surface area contributed by atoms with Crippen molar-refractivity contribution in [3.05, 3.63) is 27.7 Å². The summed E-state index contributed by atoms with van der Waals surface area (Å²) >= 11 is 3.43. The molecule has 0 unspecified atom stereocenters. The molecule has 4 amide bonds. The molecule has 1 saturated heterocycles. The van der Waals surface area contributed by atoms with E-state index in [1.807, 2.05) is 6.92 Å². The number of hydrogen-bond acceptors (Lipinski definition) is 5. The maximum atomic E-state index is 13.0. The number of hydrogen-bond donors (Lipinski definition) is 1. The molecule has 152 valence electrons. The average molecular weight is 461 g/mol. The Labute approximate surface area is 177 Å². The second-order valence-electron chi connectivity index (χ2n) is 6.68. The predicted molar refractivity (Wildman–Crippen MR) is 110 cm³/mol. The average Bonchev–Trinajstić information content (AvgIpc) is 3.20. The second kappa shape index (κ2) is 9.14. The first-order chi connectivity index (χ1) is 14.0. The SMILES string of the molecule is C#CCOc1cc(Br)c(/C=C2\C(=O)NC(=O)N(C3CCCC3)C2=O)cc1OCC. The Bertz CT molecular complexity index is 912. The van der Waals surface area contributed by atoms with Gasteiger partial charge in [0.1, 0.15) is 12.2 Å². The van der Waals surface area contributed by atoms with Crippen LogP contribution in [0.25, 0.3) is 6.08 Å². The molecule has 0 aromatic heterocycles. The number of rotatable bonds is 6. The molecule has 1 heterocycles. The molecule has 7 nitrogen and oxygen atoms in total. The summed E-state index contributed by atoms with van der Waals surface area (Å²) in [7, 11) is 0. The highest BCUT2D eigenvalue weighted by Crippen LogP contribution is 2.35. The predicted octanol–water partition coefficient (Wildman–Crippen LogP) is 3.26. The van der Waals surface area contributed by atoms with Gasteiger partial charge in [-0.15, -0.1) is 6.42 Å². The van der Waals surface area contributed by atoms with E-state index >= 15 is 0 Å². The maximum absolute atomic E-state index is 13.0. The molecule has 0 atom stereocenters. The third-order valence-corrected chi connectivity index (χ3v) is 5.48. The normalized spacial score (nSPS) is 18.7. The smallest absolute Gasteiger partial charge is 0.331 e. The fourth-order valence-electron chi connectivity index (χ4n) is 3.48. The van der Waals surface area contributed by atoms with E-state index < -0.39 is 17.8 Å². The lowest BCUT2D eigenvalue weighted by atomic mass is 10.0. The van der Waals surface area contributed by atoms with E-state index in [2.05, 4.69) is 27.2 Å². The topological polar surface area (TPSA) is 84.9 Å². The molecule has 1 N–H and O–H groups in total. The molecular weight excluding hydrogens is 440 g/mol. The zero-order chi connectivity index (χ0) is 21.0. The quantitative estimate of drug-likeness (QED) is 0.400. The van der Waals surface area contributed by atoms with Gasteiger partial charge in [-0.25, -0.2) is 4.79 Å². The molecule has 3 rings (SSSR count). The number of ether oxygens (including phenoxy) is 2. The van der Waals surface area contributed by atoms with E-state index in [-0.39, 0.29) is 18.2 Å². The number of urea groups is 1. The molecule has 29 heavy (non-hydrogen) atoms. The summed E-state index contributed by atoms with van der Waals surface area (Å²) in [6.07, 6.45) is 10.1. The summed E-state index contributed by atoms with van der Waals surface area (Å²) in [6, 6.07) is 2.49. The first-order valence-electron chi connectivity index (χ1n) is 9.39. The van der Waals surface area contributed by atoms with Gasteiger partial charge < -0.3 is 9.47 Å². The second-order valence-corrected chi connectivity index (χ2v) is 7.53.